The summed E-state index contributed by atoms with van der Waals surface area (Å²) < 4.78 is 0. The maximum Gasteiger partial charge on any atom is 0.254 e. The molecular weight excluding hydrogens is 340 g/mol. The number of nitrogens with zero attached hydrogens (tertiary/aromatic N) is 3. The normalized spacial score (nSPS) is 18.3. The summed E-state index contributed by atoms with van der Waals surface area (Å²) >= 11 is 0. The van der Waals surface area contributed by atoms with Crippen molar-refractivity contribution in [2.24, 2.45) is 0 Å². The molecule has 0 radical (unpaired) electrons. The van der Waals surface area contributed by atoms with E-state index in [9.17, 15) is 9.59 Å². The number of nitrogens with one attached hydrogen (secondary N) is 1. The molecule has 140 valence electrons. The second-order valence-corrected chi connectivity index (χ2v) is 7.81. The number of carbonyl (C=O) groups is 2. The van der Waals surface area contributed by atoms with Crippen LogP contribution in [-0.4, -0.2) is 47.9 Å². The highest BCUT2D eigenvalue weighted by molar-refractivity contribution is 6.07. The highest BCUT2D eigenvalue weighted by Gasteiger charge is 2.38. The lowest BCUT2D eigenvalue weighted by Crippen LogP contribution is -2.49. The van der Waals surface area contributed by atoms with Crippen molar-refractivity contribution in [1.29, 1.82) is 0 Å². The number of rotatable bonds is 2. The first kappa shape index (κ1) is 17.5. The molecule has 2 amide bonds. The van der Waals surface area contributed by atoms with Gasteiger partial charge in [-0.1, -0.05) is 6.07 Å². The number of fused-ring (bicyclic) bond motifs is 1. The Labute approximate surface area is 159 Å². The van der Waals surface area contributed by atoms with Crippen molar-refractivity contribution in [2.75, 3.05) is 36.4 Å². The van der Waals surface area contributed by atoms with E-state index in [1.807, 2.05) is 43.1 Å². The van der Waals surface area contributed by atoms with Gasteiger partial charge in [-0.15, -0.1) is 0 Å². The molecule has 0 spiro atoms. The van der Waals surface area contributed by atoms with E-state index < -0.39 is 5.41 Å². The average Bonchev–Trinajstić information content (AvgIpc) is 2.89. The van der Waals surface area contributed by atoms with Crippen molar-refractivity contribution in [2.45, 2.75) is 26.2 Å². The zero-order valence-electron chi connectivity index (χ0n) is 16.0. The van der Waals surface area contributed by atoms with Gasteiger partial charge in [-0.3, -0.25) is 9.59 Å². The maximum absolute atomic E-state index is 12.9. The van der Waals surface area contributed by atoms with E-state index in [0.717, 1.165) is 30.2 Å². The lowest BCUT2D eigenvalue weighted by Gasteiger charge is -2.35. The van der Waals surface area contributed by atoms with E-state index in [0.29, 0.717) is 18.7 Å². The fourth-order valence-electron chi connectivity index (χ4n) is 3.74. The van der Waals surface area contributed by atoms with Crippen LogP contribution < -0.4 is 10.2 Å². The first-order valence-electron chi connectivity index (χ1n) is 9.29. The Morgan fingerprint density at radius 3 is 2.56 bits per heavy atom. The molecule has 1 aromatic heterocycles. The predicted octanol–water partition coefficient (Wildman–Crippen LogP) is 2.58. The molecule has 6 nitrogen and oxygen atoms in total. The average molecular weight is 364 g/mol. The molecule has 2 aromatic rings. The summed E-state index contributed by atoms with van der Waals surface area (Å²) in [5.74, 6) is 0.944. The number of pyridine rings is 1. The molecule has 0 saturated carbocycles. The minimum Gasteiger partial charge on any atom is -0.353 e. The van der Waals surface area contributed by atoms with Crippen molar-refractivity contribution >= 4 is 23.3 Å². The summed E-state index contributed by atoms with van der Waals surface area (Å²) in [4.78, 5) is 33.5. The summed E-state index contributed by atoms with van der Waals surface area (Å²) in [6, 6.07) is 9.59. The van der Waals surface area contributed by atoms with Crippen LogP contribution in [0.5, 0.6) is 0 Å². The van der Waals surface area contributed by atoms with Gasteiger partial charge in [0.15, 0.2) is 0 Å². The second-order valence-electron chi connectivity index (χ2n) is 7.81. The summed E-state index contributed by atoms with van der Waals surface area (Å²) in [5, 5.41) is 2.89. The smallest absolute Gasteiger partial charge is 0.254 e. The van der Waals surface area contributed by atoms with Crippen LogP contribution in [0, 0.1) is 6.92 Å². The van der Waals surface area contributed by atoms with Crippen LogP contribution in [-0.2, 0) is 10.2 Å². The topological polar surface area (TPSA) is 65.5 Å². The highest BCUT2D eigenvalue weighted by atomic mass is 16.2. The Bertz CT molecular complexity index is 914. The van der Waals surface area contributed by atoms with Crippen molar-refractivity contribution in [3.8, 4) is 0 Å². The van der Waals surface area contributed by atoms with Crippen molar-refractivity contribution in [3.63, 3.8) is 0 Å². The van der Waals surface area contributed by atoms with Gasteiger partial charge in [0.2, 0.25) is 5.91 Å². The summed E-state index contributed by atoms with van der Waals surface area (Å²) in [6.45, 7) is 8.68. The third-order valence-corrected chi connectivity index (χ3v) is 5.55. The van der Waals surface area contributed by atoms with Gasteiger partial charge >= 0.3 is 0 Å². The Kier molecular flexibility index (Phi) is 4.13. The fourth-order valence-corrected chi connectivity index (χ4v) is 3.74. The number of anilines is 2. The number of hydrogen-bond acceptors (Lipinski definition) is 4. The van der Waals surface area contributed by atoms with Crippen molar-refractivity contribution < 1.29 is 9.59 Å². The Hall–Kier alpha value is -2.89. The zero-order chi connectivity index (χ0) is 19.2. The summed E-state index contributed by atoms with van der Waals surface area (Å²) in [6.07, 6.45) is 1.82. The van der Waals surface area contributed by atoms with Crippen LogP contribution in [0.2, 0.25) is 0 Å². The lowest BCUT2D eigenvalue weighted by atomic mass is 9.86. The number of carbonyl (C=O) groups excluding carboxylic acids is 2. The number of aromatic nitrogens is 1. The minimum absolute atomic E-state index is 0.00797. The molecule has 1 fully saturated rings. The first-order valence-corrected chi connectivity index (χ1v) is 9.29. The fraction of sp³-hybridized carbons (Fsp3) is 0.381. The molecule has 4 rings (SSSR count). The molecule has 3 heterocycles. The van der Waals surface area contributed by atoms with E-state index in [4.69, 9.17) is 0 Å². The molecule has 1 aromatic carbocycles. The monoisotopic (exact) mass is 364 g/mol. The minimum atomic E-state index is -0.552. The number of hydrogen-bond donors (Lipinski definition) is 1. The number of benzene rings is 1. The van der Waals surface area contributed by atoms with E-state index in [1.165, 1.54) is 5.56 Å². The molecule has 27 heavy (non-hydrogen) atoms. The van der Waals surface area contributed by atoms with Crippen LogP contribution >= 0.6 is 0 Å². The highest BCUT2D eigenvalue weighted by Crippen LogP contribution is 2.37. The van der Waals surface area contributed by atoms with Crippen LogP contribution in [0.15, 0.2) is 36.5 Å². The number of aryl methyl sites for hydroxylation is 1. The van der Waals surface area contributed by atoms with Gasteiger partial charge in [-0.2, -0.15) is 0 Å². The molecule has 0 aliphatic carbocycles. The third kappa shape index (κ3) is 3.05. The predicted molar refractivity (Wildman–Crippen MR) is 105 cm³/mol. The Morgan fingerprint density at radius 1 is 1.11 bits per heavy atom. The van der Waals surface area contributed by atoms with Crippen LogP contribution in [0.25, 0.3) is 0 Å². The molecule has 1 N–H and O–H groups in total. The first-order chi connectivity index (χ1) is 12.9. The van der Waals surface area contributed by atoms with Gasteiger partial charge in [0, 0.05) is 43.6 Å². The van der Waals surface area contributed by atoms with Gasteiger partial charge < -0.3 is 15.1 Å². The quantitative estimate of drug-likeness (QED) is 0.890. The Balaban J connectivity index is 1.46. The molecule has 2 aliphatic heterocycles. The third-order valence-electron chi connectivity index (χ3n) is 5.55. The maximum atomic E-state index is 12.9. The molecule has 2 aliphatic rings. The van der Waals surface area contributed by atoms with E-state index in [1.54, 1.807) is 6.07 Å². The van der Waals surface area contributed by atoms with Crippen molar-refractivity contribution in [1.82, 2.24) is 9.88 Å². The zero-order valence-corrected chi connectivity index (χ0v) is 16.0. The Morgan fingerprint density at radius 2 is 1.85 bits per heavy atom. The van der Waals surface area contributed by atoms with E-state index in [-0.39, 0.29) is 11.8 Å². The second kappa shape index (κ2) is 6.37. The molecule has 0 unspecified atom stereocenters. The van der Waals surface area contributed by atoms with Crippen LogP contribution in [0.4, 0.5) is 11.5 Å². The van der Waals surface area contributed by atoms with Gasteiger partial charge in [-0.25, -0.2) is 4.98 Å². The lowest BCUT2D eigenvalue weighted by molar-refractivity contribution is -0.119. The van der Waals surface area contributed by atoms with Gasteiger partial charge in [0.05, 0.1) is 5.41 Å². The van der Waals surface area contributed by atoms with Gasteiger partial charge in [-0.05, 0) is 56.2 Å². The van der Waals surface area contributed by atoms with Crippen LogP contribution in [0.1, 0.15) is 35.3 Å². The van der Waals surface area contributed by atoms with Gasteiger partial charge in [0.1, 0.15) is 5.82 Å². The summed E-state index contributed by atoms with van der Waals surface area (Å²) in [5.41, 5.74) is 2.94. The van der Waals surface area contributed by atoms with Crippen molar-refractivity contribution in [3.05, 3.63) is 53.2 Å². The SMILES string of the molecule is Cc1ccnc(N2CCN(C(=O)c3ccc4c(c3)NC(=O)C4(C)C)CC2)c1. The molecule has 6 heteroatoms. The van der Waals surface area contributed by atoms with Crippen LogP contribution in [0.3, 0.4) is 0 Å². The molecule has 0 atom stereocenters. The molecular formula is C21H24N4O2. The van der Waals surface area contributed by atoms with E-state index >= 15 is 0 Å². The molecule has 0 bridgehead atoms. The van der Waals surface area contributed by atoms with Gasteiger partial charge in [0.25, 0.3) is 5.91 Å². The number of amides is 2. The number of piperazine rings is 1. The standard InChI is InChI=1S/C21H24N4O2/c1-14-6-7-22-18(12-14)24-8-10-25(11-9-24)19(26)15-4-5-16-17(13-15)23-20(27)21(16,2)3/h4-7,12-13H,8-11H2,1-3H3,(H,23,27). The largest absolute Gasteiger partial charge is 0.353 e. The van der Waals surface area contributed by atoms with E-state index in [2.05, 4.69) is 28.2 Å². The molecule has 1 saturated heterocycles. The summed E-state index contributed by atoms with van der Waals surface area (Å²) in [7, 11) is 0.